The van der Waals surface area contributed by atoms with E-state index in [4.69, 9.17) is 1.37 Å². The van der Waals surface area contributed by atoms with Gasteiger partial charge in [-0.2, -0.15) is 0 Å². The summed E-state index contributed by atoms with van der Waals surface area (Å²) in [5.41, 5.74) is 12.1. The predicted octanol–water partition coefficient (Wildman–Crippen LogP) is 6.41. The first-order chi connectivity index (χ1) is 14.0. The molecule has 0 N–H and O–H groups in total. The van der Waals surface area contributed by atoms with Crippen molar-refractivity contribution >= 4 is 0 Å². The van der Waals surface area contributed by atoms with Gasteiger partial charge in [0.2, 0.25) is 5.69 Å². The van der Waals surface area contributed by atoms with E-state index in [1.54, 1.807) is 0 Å². The third kappa shape index (κ3) is 2.89. The van der Waals surface area contributed by atoms with Gasteiger partial charge >= 0.3 is 0 Å². The minimum atomic E-state index is -0.423. The zero-order chi connectivity index (χ0) is 20.2. The molecule has 1 nitrogen and oxygen atoms in total. The van der Waals surface area contributed by atoms with Crippen LogP contribution in [0.5, 0.6) is 0 Å². The van der Waals surface area contributed by atoms with Crippen molar-refractivity contribution in [3.8, 4) is 22.4 Å². The highest BCUT2D eigenvalue weighted by Gasteiger charge is 2.27. The minimum absolute atomic E-state index is 0.423. The van der Waals surface area contributed by atoms with Gasteiger partial charge in [0.25, 0.3) is 0 Å². The average molecular weight is 370 g/mol. The SMILES string of the molecule is [2H]C1(c2cc[n+](C)c(-c3c(C)ccc4c3Cc3cc(C)ccc3-4)c2)CCCCC1. The highest BCUT2D eigenvalue weighted by Crippen LogP contribution is 2.43. The lowest BCUT2D eigenvalue weighted by Gasteiger charge is -2.22. The largest absolute Gasteiger partial charge is 0.213 e. The Balaban J connectivity index is 1.67. The maximum Gasteiger partial charge on any atom is 0.213 e. The van der Waals surface area contributed by atoms with Gasteiger partial charge in [-0.15, -0.1) is 0 Å². The van der Waals surface area contributed by atoms with E-state index in [9.17, 15) is 0 Å². The van der Waals surface area contributed by atoms with Gasteiger partial charge in [-0.3, -0.25) is 0 Å². The van der Waals surface area contributed by atoms with Crippen LogP contribution in [0.3, 0.4) is 0 Å². The maximum atomic E-state index is 9.12. The number of nitrogens with zero attached hydrogens (tertiary/aromatic N) is 1. The minimum Gasteiger partial charge on any atom is -0.201 e. The van der Waals surface area contributed by atoms with E-state index in [1.807, 2.05) is 0 Å². The van der Waals surface area contributed by atoms with Crippen molar-refractivity contribution in [2.75, 3.05) is 0 Å². The van der Waals surface area contributed by atoms with Crippen molar-refractivity contribution in [2.24, 2.45) is 7.05 Å². The van der Waals surface area contributed by atoms with Crippen LogP contribution in [-0.2, 0) is 13.5 Å². The van der Waals surface area contributed by atoms with Gasteiger partial charge in [-0.1, -0.05) is 55.2 Å². The van der Waals surface area contributed by atoms with Gasteiger partial charge in [-0.05, 0) is 72.4 Å². The topological polar surface area (TPSA) is 3.88 Å². The van der Waals surface area contributed by atoms with Crippen LogP contribution in [-0.4, -0.2) is 0 Å². The molecule has 0 spiro atoms. The molecule has 0 radical (unpaired) electrons. The molecule has 1 fully saturated rings. The van der Waals surface area contributed by atoms with Crippen molar-refractivity contribution in [2.45, 2.75) is 58.3 Å². The van der Waals surface area contributed by atoms with Gasteiger partial charge in [0.1, 0.15) is 7.05 Å². The number of aromatic nitrogens is 1. The molecule has 5 rings (SSSR count). The quantitative estimate of drug-likeness (QED) is 0.359. The lowest BCUT2D eigenvalue weighted by molar-refractivity contribution is -0.660. The fourth-order valence-corrected chi connectivity index (χ4v) is 5.18. The molecule has 0 amide bonds. The molecule has 2 aliphatic rings. The number of rotatable bonds is 2. The molecule has 0 saturated heterocycles. The summed E-state index contributed by atoms with van der Waals surface area (Å²) in [7, 11) is 2.14. The third-order valence-corrected chi connectivity index (χ3v) is 6.71. The smallest absolute Gasteiger partial charge is 0.201 e. The lowest BCUT2D eigenvalue weighted by Crippen LogP contribution is -2.31. The van der Waals surface area contributed by atoms with E-state index in [1.165, 1.54) is 69.5 Å². The molecular formula is C27H30N+. The summed E-state index contributed by atoms with van der Waals surface area (Å²) < 4.78 is 11.4. The molecule has 3 aromatic rings. The molecule has 2 aliphatic carbocycles. The Labute approximate surface area is 170 Å². The van der Waals surface area contributed by atoms with E-state index < -0.39 is 5.89 Å². The summed E-state index contributed by atoms with van der Waals surface area (Å²) >= 11 is 0. The van der Waals surface area contributed by atoms with Gasteiger partial charge in [0, 0.05) is 13.5 Å². The van der Waals surface area contributed by atoms with Crippen LogP contribution in [0.15, 0.2) is 48.7 Å². The molecular weight excluding hydrogens is 338 g/mol. The molecule has 1 heterocycles. The summed E-state index contributed by atoms with van der Waals surface area (Å²) in [5.74, 6) is -0.423. The van der Waals surface area contributed by atoms with E-state index in [0.29, 0.717) is 0 Å². The first kappa shape index (κ1) is 16.5. The molecule has 0 unspecified atom stereocenters. The van der Waals surface area contributed by atoms with Crippen LogP contribution in [0.2, 0.25) is 0 Å². The number of benzene rings is 2. The van der Waals surface area contributed by atoms with Crippen LogP contribution < -0.4 is 4.57 Å². The number of hydrogen-bond donors (Lipinski definition) is 0. The second-order valence-corrected chi connectivity index (χ2v) is 8.70. The number of pyridine rings is 1. The summed E-state index contributed by atoms with van der Waals surface area (Å²) in [6.07, 6.45) is 8.76. The zero-order valence-corrected chi connectivity index (χ0v) is 17.3. The highest BCUT2D eigenvalue weighted by atomic mass is 14.9. The average Bonchev–Trinajstić information content (AvgIpc) is 3.06. The van der Waals surface area contributed by atoms with Crippen molar-refractivity contribution in [1.82, 2.24) is 0 Å². The fraction of sp³-hybridized carbons (Fsp3) is 0.370. The Hall–Kier alpha value is -2.41. The number of hydrogen-bond acceptors (Lipinski definition) is 0. The van der Waals surface area contributed by atoms with E-state index >= 15 is 0 Å². The second-order valence-electron chi connectivity index (χ2n) is 8.70. The highest BCUT2D eigenvalue weighted by molar-refractivity contribution is 5.85. The van der Waals surface area contributed by atoms with Crippen molar-refractivity contribution in [1.29, 1.82) is 0 Å². The Bertz CT molecular complexity index is 1110. The van der Waals surface area contributed by atoms with Crippen LogP contribution in [0.1, 0.15) is 67.2 Å². The Morgan fingerprint density at radius 2 is 1.71 bits per heavy atom. The Morgan fingerprint density at radius 1 is 0.929 bits per heavy atom. The molecule has 1 saturated carbocycles. The third-order valence-electron chi connectivity index (χ3n) is 6.71. The molecule has 2 aromatic carbocycles. The molecule has 0 aliphatic heterocycles. The normalized spacial score (nSPS) is 17.8. The molecule has 1 heteroatoms. The summed E-state index contributed by atoms with van der Waals surface area (Å²) in [4.78, 5) is 0. The summed E-state index contributed by atoms with van der Waals surface area (Å²) in [6, 6.07) is 15.9. The molecule has 0 bridgehead atoms. The maximum absolute atomic E-state index is 9.12. The first-order valence-corrected chi connectivity index (χ1v) is 10.7. The molecule has 1 aromatic heterocycles. The standard InChI is InChI=1S/C27H30N/c1-18-9-11-23-22(15-18)16-25-24(23)12-10-19(2)27(25)26-17-21(13-14-28(26)3)20-7-5-4-6-8-20/h9-15,17,20H,4-8,16H2,1-3H3/q+1/i20D. The van der Waals surface area contributed by atoms with Gasteiger partial charge < -0.3 is 0 Å². The zero-order valence-electron chi connectivity index (χ0n) is 18.3. The fourth-order valence-electron chi connectivity index (χ4n) is 5.18. The van der Waals surface area contributed by atoms with E-state index in [0.717, 1.165) is 19.3 Å². The monoisotopic (exact) mass is 369 g/mol. The van der Waals surface area contributed by atoms with E-state index in [-0.39, 0.29) is 0 Å². The molecule has 0 atom stereocenters. The second kappa shape index (κ2) is 6.88. The summed E-state index contributed by atoms with van der Waals surface area (Å²) in [6.45, 7) is 4.41. The van der Waals surface area contributed by atoms with Crippen LogP contribution in [0.4, 0.5) is 0 Å². The van der Waals surface area contributed by atoms with Crippen molar-refractivity contribution in [3.05, 3.63) is 76.5 Å². The van der Waals surface area contributed by atoms with Crippen LogP contribution >= 0.6 is 0 Å². The Morgan fingerprint density at radius 3 is 2.54 bits per heavy atom. The summed E-state index contributed by atoms with van der Waals surface area (Å²) in [5, 5.41) is 0. The van der Waals surface area contributed by atoms with E-state index in [2.05, 4.69) is 74.1 Å². The van der Waals surface area contributed by atoms with Gasteiger partial charge in [-0.25, -0.2) is 4.57 Å². The van der Waals surface area contributed by atoms with Gasteiger partial charge in [0.05, 0.1) is 5.56 Å². The lowest BCUT2D eigenvalue weighted by atomic mass is 9.83. The predicted molar refractivity (Wildman–Crippen MR) is 117 cm³/mol. The number of fused-ring (bicyclic) bond motifs is 3. The van der Waals surface area contributed by atoms with Crippen molar-refractivity contribution < 1.29 is 5.94 Å². The van der Waals surface area contributed by atoms with Crippen LogP contribution in [0.25, 0.3) is 22.4 Å². The molecule has 142 valence electrons. The Kier molecular flexibility index (Phi) is 4.06. The van der Waals surface area contributed by atoms with Gasteiger partial charge in [0.15, 0.2) is 6.20 Å². The first-order valence-electron chi connectivity index (χ1n) is 11.2. The molecule has 28 heavy (non-hydrogen) atoms. The van der Waals surface area contributed by atoms with Crippen molar-refractivity contribution in [3.63, 3.8) is 0 Å². The van der Waals surface area contributed by atoms with Crippen LogP contribution in [0, 0.1) is 13.8 Å². The number of aryl methyl sites for hydroxylation is 3.